The van der Waals surface area contributed by atoms with E-state index in [0.29, 0.717) is 11.1 Å². The molecule has 0 bridgehead atoms. The molecule has 2 fully saturated rings. The van der Waals surface area contributed by atoms with Gasteiger partial charge in [0.1, 0.15) is 16.8 Å². The molecule has 2 aliphatic rings. The molecule has 0 radical (unpaired) electrons. The van der Waals surface area contributed by atoms with Crippen molar-refractivity contribution in [3.63, 3.8) is 0 Å². The molecule has 1 aromatic heterocycles. The van der Waals surface area contributed by atoms with Gasteiger partial charge in [0.2, 0.25) is 0 Å². The molecule has 4 nitrogen and oxygen atoms in total. The van der Waals surface area contributed by atoms with Gasteiger partial charge >= 0.3 is 0 Å². The third-order valence-corrected chi connectivity index (χ3v) is 4.35. The molecule has 2 N–H and O–H groups in total. The second kappa shape index (κ2) is 5.25. The predicted molar refractivity (Wildman–Crippen MR) is 75.5 cm³/mol. The summed E-state index contributed by atoms with van der Waals surface area (Å²) in [5.41, 5.74) is -0.225. The molecule has 0 aliphatic heterocycles. The highest BCUT2D eigenvalue weighted by Gasteiger charge is 2.32. The minimum absolute atomic E-state index is 0.146. The summed E-state index contributed by atoms with van der Waals surface area (Å²) < 4.78 is 0. The molecule has 19 heavy (non-hydrogen) atoms. The zero-order valence-electron chi connectivity index (χ0n) is 11.0. The van der Waals surface area contributed by atoms with Gasteiger partial charge in [0, 0.05) is 12.0 Å². The molecule has 1 heterocycles. The number of aliphatic hydroxyl groups is 1. The minimum Gasteiger partial charge on any atom is -0.394 e. The van der Waals surface area contributed by atoms with Gasteiger partial charge in [-0.1, -0.05) is 30.9 Å². The van der Waals surface area contributed by atoms with E-state index in [9.17, 15) is 5.11 Å². The molecule has 104 valence electrons. The summed E-state index contributed by atoms with van der Waals surface area (Å²) in [6, 6.07) is 1.76. The van der Waals surface area contributed by atoms with Gasteiger partial charge < -0.3 is 10.4 Å². The van der Waals surface area contributed by atoms with Crippen molar-refractivity contribution in [2.75, 3.05) is 11.9 Å². The van der Waals surface area contributed by atoms with Crippen LogP contribution >= 0.6 is 11.6 Å². The Balaban J connectivity index is 1.80. The average molecular weight is 282 g/mol. The first-order valence-electron chi connectivity index (χ1n) is 7.14. The number of halogens is 1. The fourth-order valence-electron chi connectivity index (χ4n) is 2.85. The van der Waals surface area contributed by atoms with Crippen molar-refractivity contribution in [1.29, 1.82) is 0 Å². The Morgan fingerprint density at radius 2 is 2.00 bits per heavy atom. The third kappa shape index (κ3) is 3.00. The van der Waals surface area contributed by atoms with Crippen LogP contribution in [0.1, 0.15) is 56.7 Å². The summed E-state index contributed by atoms with van der Waals surface area (Å²) in [6.07, 6.45) is 7.86. The first-order chi connectivity index (χ1) is 9.21. The van der Waals surface area contributed by atoms with Gasteiger partial charge in [-0.2, -0.15) is 0 Å². The van der Waals surface area contributed by atoms with Gasteiger partial charge in [-0.25, -0.2) is 9.97 Å². The molecular weight excluding hydrogens is 262 g/mol. The summed E-state index contributed by atoms with van der Waals surface area (Å²) in [7, 11) is 0. The standard InChI is InChI=1S/C14H20ClN3O/c15-11-8-12(17-13(16-11)10-4-5-10)18-14(9-19)6-2-1-3-7-14/h8,10,19H,1-7,9H2,(H,16,17,18). The summed E-state index contributed by atoms with van der Waals surface area (Å²) in [5.74, 6) is 2.09. The van der Waals surface area contributed by atoms with Gasteiger partial charge in [0.15, 0.2) is 0 Å². The monoisotopic (exact) mass is 281 g/mol. The zero-order valence-corrected chi connectivity index (χ0v) is 11.8. The van der Waals surface area contributed by atoms with Crippen LogP contribution in [0.25, 0.3) is 0 Å². The van der Waals surface area contributed by atoms with E-state index < -0.39 is 0 Å². The third-order valence-electron chi connectivity index (χ3n) is 4.16. The fourth-order valence-corrected chi connectivity index (χ4v) is 3.04. The Hall–Kier alpha value is -0.870. The maximum atomic E-state index is 9.72. The molecule has 0 unspecified atom stereocenters. The quantitative estimate of drug-likeness (QED) is 0.833. The van der Waals surface area contributed by atoms with Gasteiger partial charge in [0.05, 0.1) is 12.1 Å². The van der Waals surface area contributed by atoms with Crippen molar-refractivity contribution in [2.24, 2.45) is 0 Å². The lowest BCUT2D eigenvalue weighted by Gasteiger charge is -2.37. The largest absolute Gasteiger partial charge is 0.394 e. The summed E-state index contributed by atoms with van der Waals surface area (Å²) in [6.45, 7) is 0.146. The maximum absolute atomic E-state index is 9.72. The Kier molecular flexibility index (Phi) is 3.63. The highest BCUT2D eigenvalue weighted by Crippen LogP contribution is 2.39. The number of nitrogens with one attached hydrogen (secondary N) is 1. The lowest BCUT2D eigenvalue weighted by Crippen LogP contribution is -2.44. The molecule has 2 saturated carbocycles. The van der Waals surface area contributed by atoms with Crippen LogP contribution in [0.5, 0.6) is 0 Å². The van der Waals surface area contributed by atoms with E-state index in [1.807, 2.05) is 0 Å². The molecule has 0 saturated heterocycles. The number of aliphatic hydroxyl groups excluding tert-OH is 1. The van der Waals surface area contributed by atoms with Crippen LogP contribution in [0.3, 0.4) is 0 Å². The molecular formula is C14H20ClN3O. The molecule has 0 aromatic carbocycles. The van der Waals surface area contributed by atoms with Gasteiger partial charge in [-0.3, -0.25) is 0 Å². The van der Waals surface area contributed by atoms with E-state index in [2.05, 4.69) is 15.3 Å². The van der Waals surface area contributed by atoms with E-state index in [0.717, 1.165) is 50.2 Å². The van der Waals surface area contributed by atoms with Crippen molar-refractivity contribution in [1.82, 2.24) is 9.97 Å². The Morgan fingerprint density at radius 1 is 1.26 bits per heavy atom. The van der Waals surface area contributed by atoms with Gasteiger partial charge in [-0.05, 0) is 25.7 Å². The van der Waals surface area contributed by atoms with Crippen LogP contribution in [-0.4, -0.2) is 27.2 Å². The highest BCUT2D eigenvalue weighted by molar-refractivity contribution is 6.29. The lowest BCUT2D eigenvalue weighted by atomic mass is 9.82. The van der Waals surface area contributed by atoms with E-state index in [-0.39, 0.29) is 12.1 Å². The number of anilines is 1. The summed E-state index contributed by atoms with van der Waals surface area (Å²) in [5, 5.41) is 13.6. The summed E-state index contributed by atoms with van der Waals surface area (Å²) >= 11 is 6.07. The Bertz CT molecular complexity index is 456. The van der Waals surface area contributed by atoms with Crippen molar-refractivity contribution in [2.45, 2.75) is 56.4 Å². The number of hydrogen-bond acceptors (Lipinski definition) is 4. The van der Waals surface area contributed by atoms with Crippen LogP contribution in [-0.2, 0) is 0 Å². The normalized spacial score (nSPS) is 22.2. The number of hydrogen-bond donors (Lipinski definition) is 2. The van der Waals surface area contributed by atoms with Crippen LogP contribution in [0.15, 0.2) is 6.07 Å². The molecule has 0 amide bonds. The van der Waals surface area contributed by atoms with Crippen LogP contribution in [0, 0.1) is 0 Å². The van der Waals surface area contributed by atoms with E-state index >= 15 is 0 Å². The Labute approximate surface area is 118 Å². The highest BCUT2D eigenvalue weighted by atomic mass is 35.5. The van der Waals surface area contributed by atoms with E-state index in [4.69, 9.17) is 11.6 Å². The SMILES string of the molecule is OCC1(Nc2cc(Cl)nc(C3CC3)n2)CCCCC1. The van der Waals surface area contributed by atoms with Crippen LogP contribution in [0.4, 0.5) is 5.82 Å². The van der Waals surface area contributed by atoms with Crippen LogP contribution in [0.2, 0.25) is 5.15 Å². The second-order valence-corrected chi connectivity index (χ2v) is 6.22. The fraction of sp³-hybridized carbons (Fsp3) is 0.714. The van der Waals surface area contributed by atoms with Crippen molar-refractivity contribution < 1.29 is 5.11 Å². The molecule has 2 aliphatic carbocycles. The zero-order chi connectivity index (χ0) is 13.3. The predicted octanol–water partition coefficient (Wildman–Crippen LogP) is 3.11. The van der Waals surface area contributed by atoms with Crippen molar-refractivity contribution >= 4 is 17.4 Å². The number of aromatic nitrogens is 2. The summed E-state index contributed by atoms with van der Waals surface area (Å²) in [4.78, 5) is 8.85. The topological polar surface area (TPSA) is 58.0 Å². The number of rotatable bonds is 4. The number of nitrogens with zero attached hydrogens (tertiary/aromatic N) is 2. The second-order valence-electron chi connectivity index (χ2n) is 5.83. The molecule has 3 rings (SSSR count). The first-order valence-corrected chi connectivity index (χ1v) is 7.52. The first kappa shape index (κ1) is 13.1. The van der Waals surface area contributed by atoms with E-state index in [1.54, 1.807) is 6.07 Å². The van der Waals surface area contributed by atoms with Gasteiger partial charge in [0.25, 0.3) is 0 Å². The Morgan fingerprint density at radius 3 is 2.63 bits per heavy atom. The minimum atomic E-state index is -0.225. The lowest BCUT2D eigenvalue weighted by molar-refractivity contribution is 0.172. The molecule has 5 heteroatoms. The van der Waals surface area contributed by atoms with Crippen molar-refractivity contribution in [3.8, 4) is 0 Å². The molecule has 1 aromatic rings. The molecule has 0 spiro atoms. The average Bonchev–Trinajstić information content (AvgIpc) is 3.23. The maximum Gasteiger partial charge on any atom is 0.135 e. The van der Waals surface area contributed by atoms with E-state index in [1.165, 1.54) is 6.42 Å². The smallest absolute Gasteiger partial charge is 0.135 e. The van der Waals surface area contributed by atoms with Crippen molar-refractivity contribution in [3.05, 3.63) is 17.0 Å². The van der Waals surface area contributed by atoms with Gasteiger partial charge in [-0.15, -0.1) is 0 Å². The van der Waals surface area contributed by atoms with Crippen LogP contribution < -0.4 is 5.32 Å². The molecule has 0 atom stereocenters.